The van der Waals surface area contributed by atoms with Crippen LogP contribution in [-0.2, 0) is 11.2 Å². The van der Waals surface area contributed by atoms with Crippen molar-refractivity contribution in [1.82, 2.24) is 4.98 Å². The molecule has 0 spiro atoms. The first kappa shape index (κ1) is 17.8. The van der Waals surface area contributed by atoms with Gasteiger partial charge in [-0.3, -0.25) is 0 Å². The third-order valence-corrected chi connectivity index (χ3v) is 3.85. The number of unbranched alkanes of at least 4 members (excludes halogenated alkanes) is 1. The van der Waals surface area contributed by atoms with Gasteiger partial charge in [-0.2, -0.15) is 0 Å². The van der Waals surface area contributed by atoms with Gasteiger partial charge in [0.1, 0.15) is 5.69 Å². The SMILES string of the molecule is CCCCc1cnc(C(=O)OC)cc1N1CCCCC1.Cl. The van der Waals surface area contributed by atoms with Gasteiger partial charge in [0.2, 0.25) is 0 Å². The second-order valence-electron chi connectivity index (χ2n) is 5.34. The number of carbonyl (C=O) groups is 1. The molecular formula is C16H25ClN2O2. The second kappa shape index (κ2) is 8.88. The number of esters is 1. The van der Waals surface area contributed by atoms with Gasteiger partial charge in [-0.15, -0.1) is 12.4 Å². The van der Waals surface area contributed by atoms with Gasteiger partial charge in [-0.25, -0.2) is 9.78 Å². The molecule has 1 saturated heterocycles. The van der Waals surface area contributed by atoms with E-state index in [0.717, 1.165) is 32.4 Å². The minimum atomic E-state index is -0.356. The van der Waals surface area contributed by atoms with Gasteiger partial charge < -0.3 is 9.64 Å². The van der Waals surface area contributed by atoms with E-state index in [0.29, 0.717) is 5.69 Å². The highest BCUT2D eigenvalue weighted by Gasteiger charge is 2.18. The number of pyridine rings is 1. The van der Waals surface area contributed by atoms with E-state index in [-0.39, 0.29) is 18.4 Å². The third kappa shape index (κ3) is 4.60. The number of aryl methyl sites for hydroxylation is 1. The summed E-state index contributed by atoms with van der Waals surface area (Å²) in [5, 5.41) is 0. The van der Waals surface area contributed by atoms with Crippen LogP contribution in [0.5, 0.6) is 0 Å². The summed E-state index contributed by atoms with van der Waals surface area (Å²) in [5.74, 6) is -0.356. The van der Waals surface area contributed by atoms with Crippen LogP contribution in [0.2, 0.25) is 0 Å². The van der Waals surface area contributed by atoms with Gasteiger partial charge in [-0.1, -0.05) is 13.3 Å². The van der Waals surface area contributed by atoms with Gasteiger partial charge in [-0.05, 0) is 43.7 Å². The number of nitrogens with zero attached hydrogens (tertiary/aromatic N) is 2. The first-order valence-electron chi connectivity index (χ1n) is 7.58. The maximum atomic E-state index is 11.7. The van der Waals surface area contributed by atoms with Crippen molar-refractivity contribution in [2.45, 2.75) is 45.4 Å². The van der Waals surface area contributed by atoms with Crippen LogP contribution in [0.3, 0.4) is 0 Å². The zero-order valence-corrected chi connectivity index (χ0v) is 13.7. The number of carbonyl (C=O) groups excluding carboxylic acids is 1. The number of hydrogen-bond donors (Lipinski definition) is 0. The van der Waals surface area contributed by atoms with Crippen LogP contribution in [0.4, 0.5) is 5.69 Å². The molecule has 1 fully saturated rings. The molecule has 0 amide bonds. The smallest absolute Gasteiger partial charge is 0.356 e. The summed E-state index contributed by atoms with van der Waals surface area (Å²) >= 11 is 0. The molecule has 1 aliphatic rings. The molecule has 0 N–H and O–H groups in total. The number of anilines is 1. The predicted octanol–water partition coefficient (Wildman–Crippen LogP) is 3.62. The second-order valence-corrected chi connectivity index (χ2v) is 5.34. The van der Waals surface area contributed by atoms with E-state index < -0.39 is 0 Å². The molecule has 0 saturated carbocycles. The van der Waals surface area contributed by atoms with Crippen LogP contribution in [0, 0.1) is 0 Å². The van der Waals surface area contributed by atoms with E-state index in [1.165, 1.54) is 37.6 Å². The number of hydrogen-bond acceptors (Lipinski definition) is 4. The van der Waals surface area contributed by atoms with Crippen LogP contribution >= 0.6 is 12.4 Å². The summed E-state index contributed by atoms with van der Waals surface area (Å²) in [6.45, 7) is 4.34. The zero-order valence-electron chi connectivity index (χ0n) is 12.9. The first-order valence-corrected chi connectivity index (χ1v) is 7.58. The summed E-state index contributed by atoms with van der Waals surface area (Å²) in [5.41, 5.74) is 2.84. The molecule has 2 rings (SSSR count). The van der Waals surface area contributed by atoms with Gasteiger partial charge >= 0.3 is 5.97 Å². The number of ether oxygens (including phenoxy) is 1. The van der Waals surface area contributed by atoms with Crippen LogP contribution in [0.15, 0.2) is 12.3 Å². The maximum absolute atomic E-state index is 11.7. The fourth-order valence-electron chi connectivity index (χ4n) is 2.68. The molecule has 0 unspecified atom stereocenters. The zero-order chi connectivity index (χ0) is 14.4. The summed E-state index contributed by atoms with van der Waals surface area (Å²) in [6.07, 6.45) is 8.95. The fraction of sp³-hybridized carbons (Fsp3) is 0.625. The Labute approximate surface area is 133 Å². The first-order chi connectivity index (χ1) is 9.76. The predicted molar refractivity (Wildman–Crippen MR) is 87.5 cm³/mol. The van der Waals surface area contributed by atoms with E-state index in [9.17, 15) is 4.79 Å². The molecule has 5 heteroatoms. The van der Waals surface area contributed by atoms with Gasteiger partial charge in [0.15, 0.2) is 0 Å². The van der Waals surface area contributed by atoms with Crippen molar-refractivity contribution in [3.63, 3.8) is 0 Å². The number of rotatable bonds is 5. The molecule has 0 bridgehead atoms. The topological polar surface area (TPSA) is 42.4 Å². The van der Waals surface area contributed by atoms with E-state index >= 15 is 0 Å². The molecule has 118 valence electrons. The standard InChI is InChI=1S/C16H24N2O2.ClH/c1-3-4-8-13-12-17-14(16(19)20-2)11-15(13)18-9-6-5-7-10-18;/h11-12H,3-10H2,1-2H3;1H. The summed E-state index contributed by atoms with van der Waals surface area (Å²) < 4.78 is 4.78. The van der Waals surface area contributed by atoms with E-state index in [1.54, 1.807) is 0 Å². The Hall–Kier alpha value is -1.29. The molecule has 2 heterocycles. The largest absolute Gasteiger partial charge is 0.464 e. The van der Waals surface area contributed by atoms with Gasteiger partial charge in [0, 0.05) is 25.0 Å². The van der Waals surface area contributed by atoms with Gasteiger partial charge in [0.25, 0.3) is 0 Å². The van der Waals surface area contributed by atoms with Crippen molar-refractivity contribution in [3.8, 4) is 0 Å². The summed E-state index contributed by atoms with van der Waals surface area (Å²) in [6, 6.07) is 1.90. The van der Waals surface area contributed by atoms with Crippen molar-refractivity contribution >= 4 is 24.1 Å². The minimum Gasteiger partial charge on any atom is -0.464 e. The molecule has 1 aromatic heterocycles. The normalized spacial score (nSPS) is 14.5. The van der Waals surface area contributed by atoms with Crippen LogP contribution in [0.1, 0.15) is 55.1 Å². The van der Waals surface area contributed by atoms with E-state index in [4.69, 9.17) is 4.74 Å². The Balaban J connectivity index is 0.00000220. The van der Waals surface area contributed by atoms with Crippen molar-refractivity contribution < 1.29 is 9.53 Å². The van der Waals surface area contributed by atoms with Crippen molar-refractivity contribution in [1.29, 1.82) is 0 Å². The highest BCUT2D eigenvalue weighted by Crippen LogP contribution is 2.26. The molecule has 1 aliphatic heterocycles. The maximum Gasteiger partial charge on any atom is 0.356 e. The lowest BCUT2D eigenvalue weighted by Crippen LogP contribution is -2.30. The van der Waals surface area contributed by atoms with Crippen LogP contribution in [0.25, 0.3) is 0 Å². The quantitative estimate of drug-likeness (QED) is 0.779. The Morgan fingerprint density at radius 1 is 1.33 bits per heavy atom. The average molecular weight is 313 g/mol. The van der Waals surface area contributed by atoms with Crippen LogP contribution < -0.4 is 4.90 Å². The monoisotopic (exact) mass is 312 g/mol. The van der Waals surface area contributed by atoms with Crippen molar-refractivity contribution in [2.24, 2.45) is 0 Å². The third-order valence-electron chi connectivity index (χ3n) is 3.85. The van der Waals surface area contributed by atoms with Crippen LogP contribution in [-0.4, -0.2) is 31.2 Å². The average Bonchev–Trinajstić information content (AvgIpc) is 2.52. The highest BCUT2D eigenvalue weighted by molar-refractivity contribution is 5.88. The molecule has 0 radical (unpaired) electrons. The fourth-order valence-corrected chi connectivity index (χ4v) is 2.68. The molecule has 0 atom stereocenters. The summed E-state index contributed by atoms with van der Waals surface area (Å²) in [7, 11) is 1.40. The molecular weight excluding hydrogens is 288 g/mol. The molecule has 1 aromatic rings. The number of halogens is 1. The van der Waals surface area contributed by atoms with Crippen molar-refractivity contribution in [3.05, 3.63) is 23.5 Å². The lowest BCUT2D eigenvalue weighted by atomic mass is 10.0. The lowest BCUT2D eigenvalue weighted by Gasteiger charge is -2.30. The Bertz CT molecular complexity index is 460. The van der Waals surface area contributed by atoms with E-state index in [1.807, 2.05) is 12.3 Å². The van der Waals surface area contributed by atoms with Gasteiger partial charge in [0.05, 0.1) is 7.11 Å². The molecule has 0 aromatic carbocycles. The number of piperidine rings is 1. The van der Waals surface area contributed by atoms with E-state index in [2.05, 4.69) is 16.8 Å². The number of methoxy groups -OCH3 is 1. The highest BCUT2D eigenvalue weighted by atomic mass is 35.5. The van der Waals surface area contributed by atoms with Crippen molar-refractivity contribution in [2.75, 3.05) is 25.1 Å². The molecule has 4 nitrogen and oxygen atoms in total. The Kier molecular flexibility index (Phi) is 7.51. The summed E-state index contributed by atoms with van der Waals surface area (Å²) in [4.78, 5) is 18.3. The number of aromatic nitrogens is 1. The molecule has 21 heavy (non-hydrogen) atoms. The Morgan fingerprint density at radius 3 is 2.67 bits per heavy atom. The lowest BCUT2D eigenvalue weighted by molar-refractivity contribution is 0.0594. The Morgan fingerprint density at radius 2 is 2.05 bits per heavy atom. The minimum absolute atomic E-state index is 0. The molecule has 0 aliphatic carbocycles.